The molecule has 0 atom stereocenters. The van der Waals surface area contributed by atoms with Gasteiger partial charge in [-0.05, 0) is 24.3 Å². The Labute approximate surface area is 140 Å². The van der Waals surface area contributed by atoms with Crippen LogP contribution in [0.1, 0.15) is 5.82 Å². The molecule has 1 aromatic carbocycles. The lowest BCUT2D eigenvalue weighted by atomic mass is 10.3. The zero-order chi connectivity index (χ0) is 16.6. The van der Waals surface area contributed by atoms with Crippen LogP contribution in [0.3, 0.4) is 0 Å². The zero-order valence-corrected chi connectivity index (χ0v) is 13.5. The monoisotopic (exact) mass is 324 g/mol. The summed E-state index contributed by atoms with van der Waals surface area (Å²) < 4.78 is 7.58. The van der Waals surface area contributed by atoms with Crippen LogP contribution >= 0.6 is 0 Å². The van der Waals surface area contributed by atoms with Gasteiger partial charge in [-0.15, -0.1) is 10.2 Å². The minimum absolute atomic E-state index is 0.532. The second kappa shape index (κ2) is 7.96. The van der Waals surface area contributed by atoms with Crippen molar-refractivity contribution >= 4 is 11.6 Å². The van der Waals surface area contributed by atoms with Gasteiger partial charge in [0.2, 0.25) is 0 Å². The highest BCUT2D eigenvalue weighted by molar-refractivity contribution is 5.79. The molecule has 0 aliphatic rings. The van der Waals surface area contributed by atoms with Crippen molar-refractivity contribution in [2.45, 2.75) is 6.54 Å². The number of guanidine groups is 1. The van der Waals surface area contributed by atoms with E-state index in [1.807, 2.05) is 59.1 Å². The highest BCUT2D eigenvalue weighted by atomic mass is 16.5. The van der Waals surface area contributed by atoms with E-state index >= 15 is 0 Å². The van der Waals surface area contributed by atoms with Crippen LogP contribution in [0.5, 0.6) is 5.75 Å². The van der Waals surface area contributed by atoms with Crippen LogP contribution in [0.2, 0.25) is 0 Å². The first-order chi connectivity index (χ1) is 11.9. The maximum absolute atomic E-state index is 5.64. The highest BCUT2D eigenvalue weighted by Crippen LogP contribution is 2.07. The number of nitrogens with zero attached hydrogens (tertiary/aromatic N) is 4. The maximum atomic E-state index is 5.64. The number of benzene rings is 1. The topological polar surface area (TPSA) is 75.8 Å². The molecule has 2 heterocycles. The summed E-state index contributed by atoms with van der Waals surface area (Å²) in [5.74, 6) is 2.38. The Bertz CT molecular complexity index is 799. The summed E-state index contributed by atoms with van der Waals surface area (Å²) in [6, 6.07) is 15.5. The van der Waals surface area contributed by atoms with Crippen molar-refractivity contribution in [1.82, 2.24) is 25.2 Å². The third kappa shape index (κ3) is 4.01. The van der Waals surface area contributed by atoms with Gasteiger partial charge >= 0.3 is 0 Å². The van der Waals surface area contributed by atoms with Crippen LogP contribution in [0.25, 0.3) is 5.65 Å². The first-order valence-corrected chi connectivity index (χ1v) is 7.78. The van der Waals surface area contributed by atoms with Crippen molar-refractivity contribution in [3.05, 3.63) is 60.6 Å². The standard InChI is InChI=1S/C17H20N6O/c1-18-17(19-10-12-24-14-7-3-2-4-8-14)20-13-16-22-21-15-9-5-6-11-23(15)16/h2-9,11H,10,12-13H2,1H3,(H2,18,19,20). The largest absolute Gasteiger partial charge is 0.492 e. The van der Waals surface area contributed by atoms with Crippen LogP contribution < -0.4 is 15.4 Å². The van der Waals surface area contributed by atoms with Gasteiger partial charge in [-0.1, -0.05) is 24.3 Å². The van der Waals surface area contributed by atoms with E-state index in [9.17, 15) is 0 Å². The van der Waals surface area contributed by atoms with Gasteiger partial charge < -0.3 is 15.4 Å². The second-order valence-corrected chi connectivity index (χ2v) is 5.06. The summed E-state index contributed by atoms with van der Waals surface area (Å²) in [5.41, 5.74) is 0.827. The Morgan fingerprint density at radius 1 is 1.08 bits per heavy atom. The first kappa shape index (κ1) is 15.8. The van der Waals surface area contributed by atoms with E-state index in [1.54, 1.807) is 7.05 Å². The van der Waals surface area contributed by atoms with Gasteiger partial charge in [0.15, 0.2) is 17.4 Å². The van der Waals surface area contributed by atoms with E-state index in [0.717, 1.165) is 17.2 Å². The molecule has 0 bridgehead atoms. The normalized spacial score (nSPS) is 11.5. The second-order valence-electron chi connectivity index (χ2n) is 5.06. The molecule has 0 unspecified atom stereocenters. The van der Waals surface area contributed by atoms with Crippen molar-refractivity contribution in [2.24, 2.45) is 4.99 Å². The Morgan fingerprint density at radius 2 is 1.92 bits per heavy atom. The van der Waals surface area contributed by atoms with Gasteiger partial charge in [0.1, 0.15) is 12.4 Å². The molecule has 0 fully saturated rings. The van der Waals surface area contributed by atoms with Crippen molar-refractivity contribution in [1.29, 1.82) is 0 Å². The highest BCUT2D eigenvalue weighted by Gasteiger charge is 2.05. The minimum atomic E-state index is 0.532. The number of aliphatic imine (C=N–C) groups is 1. The molecule has 0 aliphatic heterocycles. The van der Waals surface area contributed by atoms with Gasteiger partial charge in [0.05, 0.1) is 13.1 Å². The van der Waals surface area contributed by atoms with Crippen LogP contribution in [0.15, 0.2) is 59.7 Å². The molecular formula is C17H20N6O. The van der Waals surface area contributed by atoms with Crippen molar-refractivity contribution < 1.29 is 4.74 Å². The molecule has 0 spiro atoms. The molecule has 24 heavy (non-hydrogen) atoms. The van der Waals surface area contributed by atoms with E-state index < -0.39 is 0 Å². The first-order valence-electron chi connectivity index (χ1n) is 7.78. The van der Waals surface area contributed by atoms with E-state index in [4.69, 9.17) is 4.74 Å². The molecular weight excluding hydrogens is 304 g/mol. The molecule has 2 aromatic heterocycles. The molecule has 3 aromatic rings. The smallest absolute Gasteiger partial charge is 0.191 e. The average Bonchev–Trinajstić information content (AvgIpc) is 3.05. The van der Waals surface area contributed by atoms with E-state index in [0.29, 0.717) is 25.7 Å². The number of rotatable bonds is 6. The number of nitrogens with one attached hydrogen (secondary N) is 2. The fourth-order valence-corrected chi connectivity index (χ4v) is 2.25. The molecule has 0 radical (unpaired) electrons. The molecule has 0 aliphatic carbocycles. The number of hydrogen-bond donors (Lipinski definition) is 2. The lowest BCUT2D eigenvalue weighted by Crippen LogP contribution is -2.39. The van der Waals surface area contributed by atoms with Crippen molar-refractivity contribution in [2.75, 3.05) is 20.2 Å². The van der Waals surface area contributed by atoms with Gasteiger partial charge in [-0.3, -0.25) is 9.39 Å². The average molecular weight is 324 g/mol. The summed E-state index contributed by atoms with van der Waals surface area (Å²) in [4.78, 5) is 4.19. The van der Waals surface area contributed by atoms with Crippen LogP contribution in [-0.4, -0.2) is 40.8 Å². The van der Waals surface area contributed by atoms with Crippen LogP contribution in [0.4, 0.5) is 0 Å². The number of aromatic nitrogens is 3. The molecule has 2 N–H and O–H groups in total. The third-order valence-electron chi connectivity index (χ3n) is 3.43. The summed E-state index contributed by atoms with van der Waals surface area (Å²) in [7, 11) is 1.73. The summed E-state index contributed by atoms with van der Waals surface area (Å²) in [5, 5.41) is 14.7. The van der Waals surface area contributed by atoms with Crippen molar-refractivity contribution in [3.8, 4) is 5.75 Å². The van der Waals surface area contributed by atoms with Gasteiger partial charge in [-0.25, -0.2) is 0 Å². The number of fused-ring (bicyclic) bond motifs is 1. The molecule has 124 valence electrons. The predicted octanol–water partition coefficient (Wildman–Crippen LogP) is 1.47. The minimum Gasteiger partial charge on any atom is -0.492 e. The predicted molar refractivity (Wildman–Crippen MR) is 93.1 cm³/mol. The molecule has 0 saturated carbocycles. The fraction of sp³-hybridized carbons (Fsp3) is 0.235. The number of pyridine rings is 1. The molecule has 0 saturated heterocycles. The van der Waals surface area contributed by atoms with E-state index in [2.05, 4.69) is 25.8 Å². The van der Waals surface area contributed by atoms with Crippen LogP contribution in [-0.2, 0) is 6.54 Å². The van der Waals surface area contributed by atoms with Gasteiger partial charge in [0.25, 0.3) is 0 Å². The molecule has 0 amide bonds. The van der Waals surface area contributed by atoms with Gasteiger partial charge in [-0.2, -0.15) is 0 Å². The van der Waals surface area contributed by atoms with E-state index in [1.165, 1.54) is 0 Å². The lowest BCUT2D eigenvalue weighted by molar-refractivity contribution is 0.322. The molecule has 7 nitrogen and oxygen atoms in total. The summed E-state index contributed by atoms with van der Waals surface area (Å²) in [6.07, 6.45) is 1.94. The van der Waals surface area contributed by atoms with Crippen LogP contribution in [0, 0.1) is 0 Å². The third-order valence-corrected chi connectivity index (χ3v) is 3.43. The number of hydrogen-bond acceptors (Lipinski definition) is 4. The van der Waals surface area contributed by atoms with Gasteiger partial charge in [0, 0.05) is 13.2 Å². The lowest BCUT2D eigenvalue weighted by Gasteiger charge is -2.12. The quantitative estimate of drug-likeness (QED) is 0.408. The Morgan fingerprint density at radius 3 is 2.75 bits per heavy atom. The van der Waals surface area contributed by atoms with E-state index in [-0.39, 0.29) is 0 Å². The summed E-state index contributed by atoms with van der Waals surface area (Å²) in [6.45, 7) is 1.73. The van der Waals surface area contributed by atoms with Crippen molar-refractivity contribution in [3.63, 3.8) is 0 Å². The Balaban J connectivity index is 1.45. The SMILES string of the molecule is CN=C(NCCOc1ccccc1)NCc1nnc2ccccn12. The number of para-hydroxylation sites is 1. The number of ether oxygens (including phenoxy) is 1. The molecule has 7 heteroatoms. The Kier molecular flexibility index (Phi) is 5.24. The molecule has 3 rings (SSSR count). The fourth-order valence-electron chi connectivity index (χ4n) is 2.25. The summed E-state index contributed by atoms with van der Waals surface area (Å²) >= 11 is 0. The zero-order valence-electron chi connectivity index (χ0n) is 13.5. The Hall–Kier alpha value is -3.09. The maximum Gasteiger partial charge on any atom is 0.191 e.